The van der Waals surface area contributed by atoms with Gasteiger partial charge in [-0.05, 0) is 12.1 Å². The molecule has 0 amide bonds. The van der Waals surface area contributed by atoms with Crippen molar-refractivity contribution >= 4 is 16.6 Å². The summed E-state index contributed by atoms with van der Waals surface area (Å²) in [7, 11) is 1.54. The zero-order valence-corrected chi connectivity index (χ0v) is 7.53. The Kier molecular flexibility index (Phi) is 1.75. The maximum atomic E-state index is 8.74. The SMILES string of the molecule is COc1ccc2c(C#N)n[nH]c2c1N. The highest BCUT2D eigenvalue weighted by atomic mass is 16.5. The number of aromatic amines is 1. The first kappa shape index (κ1) is 8.38. The number of rotatable bonds is 1. The van der Waals surface area contributed by atoms with Gasteiger partial charge < -0.3 is 10.5 Å². The van der Waals surface area contributed by atoms with Crippen LogP contribution in [-0.2, 0) is 0 Å². The van der Waals surface area contributed by atoms with Crippen LogP contribution < -0.4 is 10.5 Å². The molecule has 0 fully saturated rings. The molecule has 0 bridgehead atoms. The van der Waals surface area contributed by atoms with Gasteiger partial charge in [0, 0.05) is 5.39 Å². The lowest BCUT2D eigenvalue weighted by molar-refractivity contribution is 0.417. The van der Waals surface area contributed by atoms with E-state index in [0.717, 1.165) is 0 Å². The highest BCUT2D eigenvalue weighted by Crippen LogP contribution is 2.29. The summed E-state index contributed by atoms with van der Waals surface area (Å²) in [5.74, 6) is 0.575. The summed E-state index contributed by atoms with van der Waals surface area (Å²) < 4.78 is 5.04. The molecule has 3 N–H and O–H groups in total. The van der Waals surface area contributed by atoms with Crippen molar-refractivity contribution in [3.8, 4) is 11.8 Å². The quantitative estimate of drug-likeness (QED) is 0.654. The number of methoxy groups -OCH3 is 1. The van der Waals surface area contributed by atoms with E-state index in [1.807, 2.05) is 6.07 Å². The van der Waals surface area contributed by atoms with E-state index in [1.54, 1.807) is 19.2 Å². The minimum absolute atomic E-state index is 0.342. The summed E-state index contributed by atoms with van der Waals surface area (Å²) in [6.07, 6.45) is 0. The molecule has 0 aliphatic carbocycles. The number of nitrogens with two attached hydrogens (primary N) is 1. The second-order valence-corrected chi connectivity index (χ2v) is 2.79. The van der Waals surface area contributed by atoms with Crippen LogP contribution in [-0.4, -0.2) is 17.3 Å². The summed E-state index contributed by atoms with van der Waals surface area (Å²) >= 11 is 0. The first-order chi connectivity index (χ1) is 6.77. The first-order valence-electron chi connectivity index (χ1n) is 3.98. The van der Waals surface area contributed by atoms with Crippen molar-refractivity contribution in [1.29, 1.82) is 5.26 Å². The van der Waals surface area contributed by atoms with Crippen LogP contribution in [0.25, 0.3) is 10.9 Å². The average molecular weight is 188 g/mol. The Morgan fingerprint density at radius 1 is 1.57 bits per heavy atom. The molecule has 1 heterocycles. The van der Waals surface area contributed by atoms with E-state index in [1.165, 1.54) is 0 Å². The number of nitrogens with one attached hydrogen (secondary N) is 1. The fourth-order valence-electron chi connectivity index (χ4n) is 1.35. The predicted molar refractivity (Wildman–Crippen MR) is 51.8 cm³/mol. The van der Waals surface area contributed by atoms with E-state index >= 15 is 0 Å². The van der Waals surface area contributed by atoms with Gasteiger partial charge in [-0.25, -0.2) is 0 Å². The van der Waals surface area contributed by atoms with Crippen LogP contribution >= 0.6 is 0 Å². The predicted octanol–water partition coefficient (Wildman–Crippen LogP) is 1.03. The molecule has 5 heteroatoms. The van der Waals surface area contributed by atoms with Crippen LogP contribution in [0.2, 0.25) is 0 Å². The Morgan fingerprint density at radius 2 is 2.36 bits per heavy atom. The molecule has 0 saturated heterocycles. The largest absolute Gasteiger partial charge is 0.495 e. The zero-order chi connectivity index (χ0) is 10.1. The van der Waals surface area contributed by atoms with Crippen molar-refractivity contribution in [2.45, 2.75) is 0 Å². The lowest BCUT2D eigenvalue weighted by atomic mass is 10.2. The van der Waals surface area contributed by atoms with Crippen molar-refractivity contribution in [3.05, 3.63) is 17.8 Å². The third-order valence-electron chi connectivity index (χ3n) is 2.07. The molecule has 2 aromatic rings. The molecule has 1 aromatic heterocycles. The summed E-state index contributed by atoms with van der Waals surface area (Å²) in [6, 6.07) is 5.45. The van der Waals surface area contributed by atoms with Crippen molar-refractivity contribution in [3.63, 3.8) is 0 Å². The number of benzene rings is 1. The summed E-state index contributed by atoms with van der Waals surface area (Å²) in [5.41, 5.74) is 7.24. The number of hydrogen-bond donors (Lipinski definition) is 2. The Morgan fingerprint density at radius 3 is 3.00 bits per heavy atom. The Balaban J connectivity index is 2.80. The number of aromatic nitrogens is 2. The van der Waals surface area contributed by atoms with Gasteiger partial charge in [-0.2, -0.15) is 10.4 Å². The molecule has 0 radical (unpaired) electrons. The van der Waals surface area contributed by atoms with Gasteiger partial charge in [0.05, 0.1) is 12.6 Å². The van der Waals surface area contributed by atoms with E-state index in [-0.39, 0.29) is 0 Å². The number of nitriles is 1. The summed E-state index contributed by atoms with van der Waals surface area (Å²) in [5, 5.41) is 16.0. The number of nitrogens with zero attached hydrogens (tertiary/aromatic N) is 2. The van der Waals surface area contributed by atoms with Gasteiger partial charge in [0.25, 0.3) is 0 Å². The van der Waals surface area contributed by atoms with Gasteiger partial charge in [0.1, 0.15) is 17.5 Å². The first-order valence-corrected chi connectivity index (χ1v) is 3.98. The standard InChI is InChI=1S/C9H8N4O/c1-14-7-3-2-5-6(4-10)12-13-9(5)8(7)11/h2-3H,11H2,1H3,(H,12,13). The number of ether oxygens (including phenoxy) is 1. The number of nitrogen functional groups attached to an aromatic ring is 1. The van der Waals surface area contributed by atoms with Crippen LogP contribution in [0, 0.1) is 11.3 Å². The number of fused-ring (bicyclic) bond motifs is 1. The van der Waals surface area contributed by atoms with Gasteiger partial charge in [-0.1, -0.05) is 0 Å². The van der Waals surface area contributed by atoms with Gasteiger partial charge in [0.2, 0.25) is 0 Å². The Hall–Kier alpha value is -2.22. The van der Waals surface area contributed by atoms with E-state index < -0.39 is 0 Å². The number of anilines is 1. The third kappa shape index (κ3) is 0.977. The van der Waals surface area contributed by atoms with E-state index in [0.29, 0.717) is 28.0 Å². The second kappa shape index (κ2) is 2.92. The molecule has 0 atom stereocenters. The highest BCUT2D eigenvalue weighted by Gasteiger charge is 2.10. The van der Waals surface area contributed by atoms with Crippen LogP contribution in [0.15, 0.2) is 12.1 Å². The molecular formula is C9H8N4O. The minimum Gasteiger partial charge on any atom is -0.495 e. The minimum atomic E-state index is 0.342. The zero-order valence-electron chi connectivity index (χ0n) is 7.53. The maximum absolute atomic E-state index is 8.74. The maximum Gasteiger partial charge on any atom is 0.170 e. The van der Waals surface area contributed by atoms with Gasteiger partial charge in [-0.3, -0.25) is 5.10 Å². The monoisotopic (exact) mass is 188 g/mol. The molecule has 70 valence electrons. The molecular weight excluding hydrogens is 180 g/mol. The summed E-state index contributed by atoms with van der Waals surface area (Å²) in [6.45, 7) is 0. The van der Waals surface area contributed by atoms with Crippen LogP contribution in [0.3, 0.4) is 0 Å². The van der Waals surface area contributed by atoms with Gasteiger partial charge in [0.15, 0.2) is 5.69 Å². The normalized spacial score (nSPS) is 10.0. The van der Waals surface area contributed by atoms with Crippen molar-refractivity contribution in [2.24, 2.45) is 0 Å². The average Bonchev–Trinajstić information content (AvgIpc) is 2.62. The van der Waals surface area contributed by atoms with Crippen LogP contribution in [0.4, 0.5) is 5.69 Å². The highest BCUT2D eigenvalue weighted by molar-refractivity contribution is 5.95. The molecule has 0 spiro atoms. The molecule has 0 saturated carbocycles. The smallest absolute Gasteiger partial charge is 0.170 e. The van der Waals surface area contributed by atoms with E-state index in [2.05, 4.69) is 10.2 Å². The molecule has 0 aliphatic rings. The molecule has 1 aromatic carbocycles. The van der Waals surface area contributed by atoms with Gasteiger partial charge in [-0.15, -0.1) is 0 Å². The van der Waals surface area contributed by atoms with E-state index in [4.69, 9.17) is 15.7 Å². The Bertz CT molecular complexity index is 523. The third-order valence-corrected chi connectivity index (χ3v) is 2.07. The fraction of sp³-hybridized carbons (Fsp3) is 0.111. The lowest BCUT2D eigenvalue weighted by Gasteiger charge is -2.03. The van der Waals surface area contributed by atoms with E-state index in [9.17, 15) is 0 Å². The second-order valence-electron chi connectivity index (χ2n) is 2.79. The molecule has 0 aliphatic heterocycles. The fourth-order valence-corrected chi connectivity index (χ4v) is 1.35. The molecule has 14 heavy (non-hydrogen) atoms. The lowest BCUT2D eigenvalue weighted by Crippen LogP contribution is -1.92. The Labute approximate surface area is 80.1 Å². The molecule has 5 nitrogen and oxygen atoms in total. The van der Waals surface area contributed by atoms with Crippen molar-refractivity contribution < 1.29 is 4.74 Å². The van der Waals surface area contributed by atoms with Crippen LogP contribution in [0.1, 0.15) is 5.69 Å². The van der Waals surface area contributed by atoms with Gasteiger partial charge >= 0.3 is 0 Å². The summed E-state index contributed by atoms with van der Waals surface area (Å²) in [4.78, 5) is 0. The molecule has 0 unspecified atom stereocenters. The van der Waals surface area contributed by atoms with Crippen molar-refractivity contribution in [2.75, 3.05) is 12.8 Å². The topological polar surface area (TPSA) is 87.7 Å². The number of H-pyrrole nitrogens is 1. The van der Waals surface area contributed by atoms with Crippen LogP contribution in [0.5, 0.6) is 5.75 Å². The molecule has 2 rings (SSSR count). The number of hydrogen-bond acceptors (Lipinski definition) is 4. The van der Waals surface area contributed by atoms with Crippen molar-refractivity contribution in [1.82, 2.24) is 10.2 Å².